The zero-order valence-electron chi connectivity index (χ0n) is 9.69. The number of hydrogen-bond donors (Lipinski definition) is 1. The lowest BCUT2D eigenvalue weighted by Gasteiger charge is -2.18. The van der Waals surface area contributed by atoms with Crippen molar-refractivity contribution < 1.29 is 9.47 Å². The molecule has 0 radical (unpaired) electrons. The number of methoxy groups -OCH3 is 1. The van der Waals surface area contributed by atoms with Crippen molar-refractivity contribution in [3.63, 3.8) is 0 Å². The first kappa shape index (κ1) is 11.6. The molecule has 0 aromatic heterocycles. The van der Waals surface area contributed by atoms with Crippen LogP contribution in [-0.4, -0.2) is 32.4 Å². The highest BCUT2D eigenvalue weighted by Crippen LogP contribution is 2.11. The van der Waals surface area contributed by atoms with Gasteiger partial charge in [-0.1, -0.05) is 30.3 Å². The van der Waals surface area contributed by atoms with E-state index in [9.17, 15) is 0 Å². The fourth-order valence-corrected chi connectivity index (χ4v) is 2.07. The number of rotatable bonds is 5. The number of nitrogens with one attached hydrogen (secondary N) is 1. The Bertz CT molecular complexity index is 302. The summed E-state index contributed by atoms with van der Waals surface area (Å²) < 4.78 is 11.1. The van der Waals surface area contributed by atoms with Gasteiger partial charge in [0, 0.05) is 7.11 Å². The van der Waals surface area contributed by atoms with Crippen molar-refractivity contribution in [2.24, 2.45) is 0 Å². The molecule has 0 spiro atoms. The molecule has 0 amide bonds. The lowest BCUT2D eigenvalue weighted by atomic mass is 10.2. The molecule has 0 bridgehead atoms. The fourth-order valence-electron chi connectivity index (χ4n) is 2.07. The van der Waals surface area contributed by atoms with Crippen molar-refractivity contribution in [1.29, 1.82) is 0 Å². The maximum atomic E-state index is 5.69. The van der Waals surface area contributed by atoms with Gasteiger partial charge in [0.05, 0.1) is 25.4 Å². The SMILES string of the molecule is CO[C@@H]1CCN[C@@H]1COCc1ccccc1. The van der Waals surface area contributed by atoms with Gasteiger partial charge >= 0.3 is 0 Å². The number of hydrogen-bond acceptors (Lipinski definition) is 3. The molecule has 0 unspecified atom stereocenters. The molecule has 16 heavy (non-hydrogen) atoms. The molecular formula is C13H19NO2. The van der Waals surface area contributed by atoms with Crippen molar-refractivity contribution >= 4 is 0 Å². The summed E-state index contributed by atoms with van der Waals surface area (Å²) in [5, 5.41) is 3.39. The van der Waals surface area contributed by atoms with Crippen molar-refractivity contribution in [3.05, 3.63) is 35.9 Å². The Morgan fingerprint density at radius 1 is 1.31 bits per heavy atom. The molecule has 1 fully saturated rings. The van der Waals surface area contributed by atoms with Gasteiger partial charge in [0.2, 0.25) is 0 Å². The summed E-state index contributed by atoms with van der Waals surface area (Å²) in [6.07, 6.45) is 1.38. The third kappa shape index (κ3) is 3.04. The second-order valence-corrected chi connectivity index (χ2v) is 4.12. The summed E-state index contributed by atoms with van der Waals surface area (Å²) >= 11 is 0. The third-order valence-corrected chi connectivity index (χ3v) is 3.00. The summed E-state index contributed by atoms with van der Waals surface area (Å²) in [5.41, 5.74) is 1.22. The second-order valence-electron chi connectivity index (χ2n) is 4.12. The molecule has 1 heterocycles. The van der Waals surface area contributed by atoms with E-state index in [1.165, 1.54) is 5.56 Å². The van der Waals surface area contributed by atoms with Crippen LogP contribution in [0.4, 0.5) is 0 Å². The maximum Gasteiger partial charge on any atom is 0.0758 e. The molecule has 1 N–H and O–H groups in total. The third-order valence-electron chi connectivity index (χ3n) is 3.00. The van der Waals surface area contributed by atoms with Gasteiger partial charge in [-0.05, 0) is 18.5 Å². The molecule has 1 saturated heterocycles. The predicted molar refractivity (Wildman–Crippen MR) is 63.3 cm³/mol. The molecule has 1 aromatic rings. The van der Waals surface area contributed by atoms with Crippen LogP contribution in [0.5, 0.6) is 0 Å². The normalized spacial score (nSPS) is 24.8. The molecule has 0 saturated carbocycles. The van der Waals surface area contributed by atoms with E-state index in [0.717, 1.165) is 13.0 Å². The minimum absolute atomic E-state index is 0.302. The Balaban J connectivity index is 1.72. The van der Waals surface area contributed by atoms with Crippen LogP contribution in [0.2, 0.25) is 0 Å². The van der Waals surface area contributed by atoms with Crippen LogP contribution >= 0.6 is 0 Å². The smallest absolute Gasteiger partial charge is 0.0758 e. The maximum absolute atomic E-state index is 5.69. The molecule has 2 atom stereocenters. The lowest BCUT2D eigenvalue weighted by molar-refractivity contribution is 0.0365. The highest BCUT2D eigenvalue weighted by molar-refractivity contribution is 5.13. The zero-order valence-corrected chi connectivity index (χ0v) is 9.69. The van der Waals surface area contributed by atoms with Gasteiger partial charge in [-0.2, -0.15) is 0 Å². The highest BCUT2D eigenvalue weighted by atomic mass is 16.5. The van der Waals surface area contributed by atoms with Crippen LogP contribution in [0.15, 0.2) is 30.3 Å². The summed E-state index contributed by atoms with van der Waals surface area (Å²) in [4.78, 5) is 0. The molecule has 2 rings (SSSR count). The molecular weight excluding hydrogens is 202 g/mol. The van der Waals surface area contributed by atoms with E-state index in [4.69, 9.17) is 9.47 Å². The van der Waals surface area contributed by atoms with Gasteiger partial charge in [-0.25, -0.2) is 0 Å². The van der Waals surface area contributed by atoms with Crippen LogP contribution in [0.25, 0.3) is 0 Å². The zero-order chi connectivity index (χ0) is 11.2. The molecule has 0 aliphatic carbocycles. The standard InChI is InChI=1S/C13H19NO2/c1-15-13-7-8-14-12(13)10-16-9-11-5-3-2-4-6-11/h2-6,12-14H,7-10H2,1H3/t12-,13-/m1/s1. The van der Waals surface area contributed by atoms with Gasteiger partial charge in [0.1, 0.15) is 0 Å². The lowest BCUT2D eigenvalue weighted by Crippen LogP contribution is -2.35. The first-order valence-corrected chi connectivity index (χ1v) is 5.78. The van der Waals surface area contributed by atoms with E-state index < -0.39 is 0 Å². The molecule has 1 aliphatic heterocycles. The average molecular weight is 221 g/mol. The van der Waals surface area contributed by atoms with E-state index in [1.807, 2.05) is 18.2 Å². The van der Waals surface area contributed by atoms with E-state index in [2.05, 4.69) is 17.4 Å². The molecule has 3 nitrogen and oxygen atoms in total. The number of benzene rings is 1. The van der Waals surface area contributed by atoms with Gasteiger partial charge < -0.3 is 14.8 Å². The summed E-state index contributed by atoms with van der Waals surface area (Å²) in [6.45, 7) is 2.42. The van der Waals surface area contributed by atoms with E-state index >= 15 is 0 Å². The topological polar surface area (TPSA) is 30.5 Å². The Hall–Kier alpha value is -0.900. The second kappa shape index (κ2) is 5.99. The molecule has 3 heteroatoms. The van der Waals surface area contributed by atoms with Crippen LogP contribution in [0.1, 0.15) is 12.0 Å². The Morgan fingerprint density at radius 3 is 2.88 bits per heavy atom. The molecule has 1 aliphatic rings. The molecule has 1 aromatic carbocycles. The van der Waals surface area contributed by atoms with Gasteiger partial charge in [0.25, 0.3) is 0 Å². The largest absolute Gasteiger partial charge is 0.380 e. The van der Waals surface area contributed by atoms with Crippen LogP contribution in [0, 0.1) is 0 Å². The Morgan fingerprint density at radius 2 is 2.12 bits per heavy atom. The van der Waals surface area contributed by atoms with Crippen molar-refractivity contribution in [2.75, 3.05) is 20.3 Å². The van der Waals surface area contributed by atoms with E-state index in [-0.39, 0.29) is 0 Å². The summed E-state index contributed by atoms with van der Waals surface area (Å²) in [6, 6.07) is 10.6. The quantitative estimate of drug-likeness (QED) is 0.819. The first-order valence-electron chi connectivity index (χ1n) is 5.78. The highest BCUT2D eigenvalue weighted by Gasteiger charge is 2.26. The van der Waals surface area contributed by atoms with Crippen LogP contribution in [-0.2, 0) is 16.1 Å². The predicted octanol–water partition coefficient (Wildman–Crippen LogP) is 1.58. The fraction of sp³-hybridized carbons (Fsp3) is 0.538. The van der Waals surface area contributed by atoms with Crippen molar-refractivity contribution in [1.82, 2.24) is 5.32 Å². The monoisotopic (exact) mass is 221 g/mol. The van der Waals surface area contributed by atoms with E-state index in [0.29, 0.717) is 25.4 Å². The number of ether oxygens (including phenoxy) is 2. The minimum atomic E-state index is 0.302. The first-order chi connectivity index (χ1) is 7.90. The van der Waals surface area contributed by atoms with Crippen molar-refractivity contribution in [2.45, 2.75) is 25.2 Å². The van der Waals surface area contributed by atoms with Gasteiger partial charge in [-0.15, -0.1) is 0 Å². The van der Waals surface area contributed by atoms with Crippen molar-refractivity contribution in [3.8, 4) is 0 Å². The Labute approximate surface area is 96.8 Å². The Kier molecular flexibility index (Phi) is 4.34. The van der Waals surface area contributed by atoms with Crippen LogP contribution in [0.3, 0.4) is 0 Å². The van der Waals surface area contributed by atoms with E-state index in [1.54, 1.807) is 7.11 Å². The summed E-state index contributed by atoms with van der Waals surface area (Å²) in [5.74, 6) is 0. The van der Waals surface area contributed by atoms with Gasteiger partial charge in [-0.3, -0.25) is 0 Å². The molecule has 88 valence electrons. The van der Waals surface area contributed by atoms with Gasteiger partial charge in [0.15, 0.2) is 0 Å². The minimum Gasteiger partial charge on any atom is -0.380 e. The average Bonchev–Trinajstić information content (AvgIpc) is 2.78. The van der Waals surface area contributed by atoms with Crippen LogP contribution < -0.4 is 5.32 Å². The summed E-state index contributed by atoms with van der Waals surface area (Å²) in [7, 11) is 1.77.